The van der Waals surface area contributed by atoms with Crippen molar-refractivity contribution >= 4 is 10.0 Å². The molecular formula is C15H20N2O3S. The molecule has 2 rings (SSSR count). The maximum Gasteiger partial charge on any atom is 0.268 e. The minimum Gasteiger partial charge on any atom is -0.494 e. The summed E-state index contributed by atoms with van der Waals surface area (Å²) in [6, 6.07) is 4.96. The van der Waals surface area contributed by atoms with E-state index in [1.807, 2.05) is 27.7 Å². The molecule has 0 aliphatic heterocycles. The SMILES string of the molecule is CCOc1ccc(S(=O)(=O)n2ccnc2)cc1C(C)(C)C. The Morgan fingerprint density at radius 3 is 2.52 bits per heavy atom. The predicted octanol–water partition coefficient (Wildman–Crippen LogP) is 2.82. The zero-order valence-electron chi connectivity index (χ0n) is 12.7. The number of hydrogen-bond acceptors (Lipinski definition) is 4. The maximum atomic E-state index is 12.5. The second-order valence-electron chi connectivity index (χ2n) is 5.74. The van der Waals surface area contributed by atoms with Crippen LogP contribution in [0, 0.1) is 0 Å². The van der Waals surface area contributed by atoms with Crippen LogP contribution < -0.4 is 4.74 Å². The van der Waals surface area contributed by atoms with Crippen molar-refractivity contribution in [3.05, 3.63) is 42.5 Å². The summed E-state index contributed by atoms with van der Waals surface area (Å²) in [6.45, 7) is 8.52. The number of ether oxygens (including phenoxy) is 1. The quantitative estimate of drug-likeness (QED) is 0.871. The zero-order chi connectivity index (χ0) is 15.7. The third-order valence-corrected chi connectivity index (χ3v) is 4.74. The molecule has 0 saturated carbocycles. The van der Waals surface area contributed by atoms with Crippen LogP contribution in [0.4, 0.5) is 0 Å². The fraction of sp³-hybridized carbons (Fsp3) is 0.400. The average Bonchev–Trinajstić information content (AvgIpc) is 2.92. The molecule has 6 heteroatoms. The molecule has 1 aromatic heterocycles. The number of benzene rings is 1. The molecule has 0 saturated heterocycles. The summed E-state index contributed by atoms with van der Waals surface area (Å²) in [5.41, 5.74) is 0.649. The molecule has 0 aliphatic rings. The van der Waals surface area contributed by atoms with E-state index in [4.69, 9.17) is 4.74 Å². The van der Waals surface area contributed by atoms with Gasteiger partial charge in [-0.1, -0.05) is 20.8 Å². The van der Waals surface area contributed by atoms with Gasteiger partial charge in [-0.05, 0) is 30.5 Å². The summed E-state index contributed by atoms with van der Waals surface area (Å²) in [6.07, 6.45) is 4.14. The molecule has 21 heavy (non-hydrogen) atoms. The molecule has 0 fully saturated rings. The van der Waals surface area contributed by atoms with Crippen molar-refractivity contribution in [1.82, 2.24) is 8.96 Å². The van der Waals surface area contributed by atoms with Crippen molar-refractivity contribution in [2.75, 3.05) is 6.61 Å². The molecule has 1 aromatic carbocycles. The van der Waals surface area contributed by atoms with Crippen LogP contribution in [0.2, 0.25) is 0 Å². The Balaban J connectivity index is 2.58. The van der Waals surface area contributed by atoms with Gasteiger partial charge in [0.25, 0.3) is 10.0 Å². The van der Waals surface area contributed by atoms with Crippen LogP contribution in [0.3, 0.4) is 0 Å². The van der Waals surface area contributed by atoms with Gasteiger partial charge in [0, 0.05) is 18.0 Å². The van der Waals surface area contributed by atoms with Gasteiger partial charge in [-0.25, -0.2) is 17.4 Å². The Bertz CT molecular complexity index is 714. The van der Waals surface area contributed by atoms with Crippen molar-refractivity contribution in [2.45, 2.75) is 38.0 Å². The first kappa shape index (κ1) is 15.6. The summed E-state index contributed by atoms with van der Waals surface area (Å²) < 4.78 is 31.8. The monoisotopic (exact) mass is 308 g/mol. The van der Waals surface area contributed by atoms with Crippen LogP contribution >= 0.6 is 0 Å². The summed E-state index contributed by atoms with van der Waals surface area (Å²) in [4.78, 5) is 4.02. The van der Waals surface area contributed by atoms with Crippen LogP contribution in [0.1, 0.15) is 33.3 Å². The second-order valence-corrected chi connectivity index (χ2v) is 7.58. The Kier molecular flexibility index (Phi) is 4.09. The number of rotatable bonds is 4. The van der Waals surface area contributed by atoms with E-state index in [0.29, 0.717) is 6.61 Å². The Labute approximate surface area is 125 Å². The summed E-state index contributed by atoms with van der Waals surface area (Å²) in [7, 11) is -3.61. The Morgan fingerprint density at radius 2 is 2.00 bits per heavy atom. The highest BCUT2D eigenvalue weighted by molar-refractivity contribution is 7.90. The topological polar surface area (TPSA) is 61.2 Å². The van der Waals surface area contributed by atoms with Crippen molar-refractivity contribution in [2.24, 2.45) is 0 Å². The van der Waals surface area contributed by atoms with Crippen LogP contribution in [-0.2, 0) is 15.4 Å². The summed E-state index contributed by atoms with van der Waals surface area (Å²) in [5, 5.41) is 0. The normalized spacial score (nSPS) is 12.4. The Hall–Kier alpha value is -1.82. The average molecular weight is 308 g/mol. The third-order valence-electron chi connectivity index (χ3n) is 3.11. The Morgan fingerprint density at radius 1 is 1.29 bits per heavy atom. The fourth-order valence-corrected chi connectivity index (χ4v) is 3.19. The molecule has 114 valence electrons. The molecule has 0 unspecified atom stereocenters. The third kappa shape index (κ3) is 3.10. The lowest BCUT2D eigenvalue weighted by molar-refractivity contribution is 0.329. The standard InChI is InChI=1S/C15H20N2O3S/c1-5-20-14-7-6-12(10-13(14)15(2,3)4)21(18,19)17-9-8-16-11-17/h6-11H,5H2,1-4H3. The first-order chi connectivity index (χ1) is 9.76. The molecule has 0 radical (unpaired) electrons. The van der Waals surface area contributed by atoms with E-state index in [9.17, 15) is 8.42 Å². The van der Waals surface area contributed by atoms with Gasteiger partial charge >= 0.3 is 0 Å². The van der Waals surface area contributed by atoms with Gasteiger partial charge in [0.15, 0.2) is 0 Å². The van der Waals surface area contributed by atoms with E-state index < -0.39 is 10.0 Å². The van der Waals surface area contributed by atoms with E-state index in [2.05, 4.69) is 4.98 Å². The smallest absolute Gasteiger partial charge is 0.268 e. The van der Waals surface area contributed by atoms with Crippen molar-refractivity contribution in [1.29, 1.82) is 0 Å². The van der Waals surface area contributed by atoms with E-state index in [1.54, 1.807) is 18.2 Å². The van der Waals surface area contributed by atoms with Gasteiger partial charge in [-0.3, -0.25) is 0 Å². The highest BCUT2D eigenvalue weighted by atomic mass is 32.2. The van der Waals surface area contributed by atoms with Gasteiger partial charge in [-0.2, -0.15) is 0 Å². The first-order valence-electron chi connectivity index (χ1n) is 6.77. The lowest BCUT2D eigenvalue weighted by Crippen LogP contribution is -2.16. The van der Waals surface area contributed by atoms with E-state index >= 15 is 0 Å². The van der Waals surface area contributed by atoms with Crippen molar-refractivity contribution < 1.29 is 13.2 Å². The molecule has 0 spiro atoms. The zero-order valence-corrected chi connectivity index (χ0v) is 13.5. The van der Waals surface area contributed by atoms with E-state index in [-0.39, 0.29) is 10.3 Å². The van der Waals surface area contributed by atoms with Crippen molar-refractivity contribution in [3.8, 4) is 5.75 Å². The largest absolute Gasteiger partial charge is 0.494 e. The minimum absolute atomic E-state index is 0.217. The highest BCUT2D eigenvalue weighted by Gasteiger charge is 2.24. The predicted molar refractivity (Wildman–Crippen MR) is 81.1 cm³/mol. The van der Waals surface area contributed by atoms with Gasteiger partial charge < -0.3 is 4.74 Å². The molecule has 0 aliphatic carbocycles. The fourth-order valence-electron chi connectivity index (χ4n) is 2.05. The van der Waals surface area contributed by atoms with E-state index in [0.717, 1.165) is 15.3 Å². The molecule has 2 aromatic rings. The number of aromatic nitrogens is 2. The van der Waals surface area contributed by atoms with Gasteiger partial charge in [0.1, 0.15) is 12.1 Å². The maximum absolute atomic E-state index is 12.5. The van der Waals surface area contributed by atoms with Crippen LogP contribution in [0.25, 0.3) is 0 Å². The van der Waals surface area contributed by atoms with Crippen LogP contribution in [0.15, 0.2) is 41.8 Å². The molecule has 0 bridgehead atoms. The highest BCUT2D eigenvalue weighted by Crippen LogP contribution is 2.33. The molecule has 0 amide bonds. The van der Waals surface area contributed by atoms with Crippen LogP contribution in [0.5, 0.6) is 5.75 Å². The van der Waals surface area contributed by atoms with Gasteiger partial charge in [0.2, 0.25) is 0 Å². The molecule has 0 N–H and O–H groups in total. The lowest BCUT2D eigenvalue weighted by Gasteiger charge is -2.23. The number of imidazole rings is 1. The van der Waals surface area contributed by atoms with Gasteiger partial charge in [-0.15, -0.1) is 0 Å². The second kappa shape index (κ2) is 5.52. The number of hydrogen-bond donors (Lipinski definition) is 0. The summed E-state index contributed by atoms with van der Waals surface area (Å²) >= 11 is 0. The molecule has 1 heterocycles. The van der Waals surface area contributed by atoms with Crippen LogP contribution in [-0.4, -0.2) is 24.0 Å². The molecular weight excluding hydrogens is 288 g/mol. The molecule has 0 atom stereocenters. The first-order valence-corrected chi connectivity index (χ1v) is 8.21. The van der Waals surface area contributed by atoms with Gasteiger partial charge in [0.05, 0.1) is 11.5 Å². The molecule has 5 nitrogen and oxygen atoms in total. The van der Waals surface area contributed by atoms with Crippen molar-refractivity contribution in [3.63, 3.8) is 0 Å². The lowest BCUT2D eigenvalue weighted by atomic mass is 9.86. The number of nitrogens with zero attached hydrogens (tertiary/aromatic N) is 2. The summed E-state index contributed by atoms with van der Waals surface area (Å²) in [5.74, 6) is 0.717. The minimum atomic E-state index is -3.61. The van der Waals surface area contributed by atoms with E-state index in [1.165, 1.54) is 18.7 Å².